The molecule has 0 saturated heterocycles. The molecule has 2 aromatic carbocycles. The molecule has 118 valence electrons. The molecule has 0 bridgehead atoms. The predicted molar refractivity (Wildman–Crippen MR) is 85.3 cm³/mol. The van der Waals surface area contributed by atoms with Gasteiger partial charge < -0.3 is 9.84 Å². The van der Waals surface area contributed by atoms with Gasteiger partial charge in [-0.15, -0.1) is 0 Å². The number of aromatic carboxylic acids is 1. The molecule has 0 aliphatic heterocycles. The van der Waals surface area contributed by atoms with Gasteiger partial charge in [0.25, 0.3) is 0 Å². The van der Waals surface area contributed by atoms with Crippen LogP contribution in [0.1, 0.15) is 40.9 Å². The Morgan fingerprint density at radius 2 is 2.00 bits per heavy atom. The van der Waals surface area contributed by atoms with Gasteiger partial charge in [-0.05, 0) is 29.7 Å². The highest BCUT2D eigenvalue weighted by molar-refractivity contribution is 5.91. The Bertz CT molecular complexity index is 721. The first-order valence-corrected chi connectivity index (χ1v) is 7.26. The van der Waals surface area contributed by atoms with Gasteiger partial charge in [0, 0.05) is 0 Å². The van der Waals surface area contributed by atoms with E-state index in [1.54, 1.807) is 12.1 Å². The van der Waals surface area contributed by atoms with E-state index in [0.717, 1.165) is 5.56 Å². The van der Waals surface area contributed by atoms with Crippen molar-refractivity contribution >= 4 is 12.0 Å². The van der Waals surface area contributed by atoms with Gasteiger partial charge in [-0.2, -0.15) is 4.99 Å². The molecule has 0 amide bonds. The van der Waals surface area contributed by atoms with E-state index in [2.05, 4.69) is 4.99 Å². The second kappa shape index (κ2) is 7.92. The quantitative estimate of drug-likeness (QED) is 0.624. The van der Waals surface area contributed by atoms with E-state index >= 15 is 0 Å². The first kappa shape index (κ1) is 16.5. The zero-order valence-electron chi connectivity index (χ0n) is 12.7. The zero-order chi connectivity index (χ0) is 16.7. The maximum Gasteiger partial charge on any atom is 0.339 e. The van der Waals surface area contributed by atoms with Gasteiger partial charge in [0.1, 0.15) is 17.9 Å². The molecule has 0 aliphatic carbocycles. The minimum Gasteiger partial charge on any atom is -0.488 e. The molecule has 5 heteroatoms. The van der Waals surface area contributed by atoms with Crippen LogP contribution >= 0.6 is 0 Å². The number of carbonyl (C=O) groups excluding carboxylic acids is 1. The van der Waals surface area contributed by atoms with Gasteiger partial charge in [0.2, 0.25) is 6.08 Å². The SMILES string of the molecule is CCC(N=C=O)c1ccc(OCc2ccccc2)c(C(=O)O)c1. The molecule has 0 heterocycles. The van der Waals surface area contributed by atoms with E-state index in [-0.39, 0.29) is 17.9 Å². The number of rotatable bonds is 7. The molecule has 0 fully saturated rings. The lowest BCUT2D eigenvalue weighted by atomic mass is 10.0. The highest BCUT2D eigenvalue weighted by Gasteiger charge is 2.16. The molecule has 0 aliphatic rings. The molecule has 1 unspecified atom stereocenters. The second-order valence-corrected chi connectivity index (χ2v) is 4.98. The second-order valence-electron chi connectivity index (χ2n) is 4.98. The van der Waals surface area contributed by atoms with E-state index in [0.29, 0.717) is 12.0 Å². The summed E-state index contributed by atoms with van der Waals surface area (Å²) in [5.74, 6) is -0.796. The lowest BCUT2D eigenvalue weighted by Crippen LogP contribution is -2.05. The van der Waals surface area contributed by atoms with E-state index in [1.165, 1.54) is 12.1 Å². The standard InChI is InChI=1S/C18H17NO4/c1-2-16(19-12-20)14-8-9-17(15(10-14)18(21)22)23-11-13-6-4-3-5-7-13/h3-10,16H,2,11H2,1H3,(H,21,22). The normalized spacial score (nSPS) is 11.3. The summed E-state index contributed by atoms with van der Waals surface area (Å²) in [5.41, 5.74) is 1.66. The summed E-state index contributed by atoms with van der Waals surface area (Å²) in [6, 6.07) is 13.9. The van der Waals surface area contributed by atoms with Crippen molar-refractivity contribution in [3.05, 3.63) is 65.2 Å². The van der Waals surface area contributed by atoms with Gasteiger partial charge in [0.15, 0.2) is 0 Å². The Labute approximate surface area is 134 Å². The summed E-state index contributed by atoms with van der Waals surface area (Å²) in [6.07, 6.45) is 2.11. The van der Waals surface area contributed by atoms with Crippen molar-refractivity contribution in [2.24, 2.45) is 4.99 Å². The molecule has 2 rings (SSSR count). The third kappa shape index (κ3) is 4.28. The summed E-state index contributed by atoms with van der Waals surface area (Å²) in [4.78, 5) is 25.6. The number of isocyanates is 1. The third-order valence-electron chi connectivity index (χ3n) is 3.45. The van der Waals surface area contributed by atoms with E-state index in [1.807, 2.05) is 37.3 Å². The summed E-state index contributed by atoms with van der Waals surface area (Å²) >= 11 is 0. The van der Waals surface area contributed by atoms with Crippen LogP contribution in [0.15, 0.2) is 53.5 Å². The average molecular weight is 311 g/mol. The highest BCUT2D eigenvalue weighted by Crippen LogP contribution is 2.27. The number of carbonyl (C=O) groups is 1. The third-order valence-corrected chi connectivity index (χ3v) is 3.45. The first-order valence-electron chi connectivity index (χ1n) is 7.26. The van der Waals surface area contributed by atoms with Crippen LogP contribution in [-0.4, -0.2) is 17.2 Å². The fraction of sp³-hybridized carbons (Fsp3) is 0.222. The van der Waals surface area contributed by atoms with Crippen molar-refractivity contribution in [3.8, 4) is 5.75 Å². The van der Waals surface area contributed by atoms with Crippen LogP contribution in [0.4, 0.5) is 0 Å². The Hall–Kier alpha value is -2.91. The molecule has 1 N–H and O–H groups in total. The van der Waals surface area contributed by atoms with Crippen molar-refractivity contribution in [1.29, 1.82) is 0 Å². The van der Waals surface area contributed by atoms with Crippen LogP contribution in [0.25, 0.3) is 0 Å². The topological polar surface area (TPSA) is 76.0 Å². The van der Waals surface area contributed by atoms with Crippen LogP contribution in [0.2, 0.25) is 0 Å². The van der Waals surface area contributed by atoms with E-state index in [4.69, 9.17) is 4.74 Å². The molecule has 1 atom stereocenters. The largest absolute Gasteiger partial charge is 0.488 e. The number of carboxylic acid groups (broad SMARTS) is 1. The fourth-order valence-corrected chi connectivity index (χ4v) is 2.25. The Balaban J connectivity index is 2.26. The highest BCUT2D eigenvalue weighted by atomic mass is 16.5. The minimum absolute atomic E-state index is 0.0537. The number of ether oxygens (including phenoxy) is 1. The predicted octanol–water partition coefficient (Wildman–Crippen LogP) is 3.75. The first-order chi connectivity index (χ1) is 11.2. The molecule has 0 aromatic heterocycles. The zero-order valence-corrected chi connectivity index (χ0v) is 12.7. The number of benzene rings is 2. The van der Waals surface area contributed by atoms with Crippen molar-refractivity contribution in [2.75, 3.05) is 0 Å². The Morgan fingerprint density at radius 3 is 2.61 bits per heavy atom. The van der Waals surface area contributed by atoms with Crippen LogP contribution in [0.3, 0.4) is 0 Å². The number of hydrogen-bond donors (Lipinski definition) is 1. The molecule has 2 aromatic rings. The number of nitrogens with zero attached hydrogens (tertiary/aromatic N) is 1. The van der Waals surface area contributed by atoms with Crippen molar-refractivity contribution in [3.63, 3.8) is 0 Å². The van der Waals surface area contributed by atoms with Gasteiger partial charge in [-0.1, -0.05) is 43.3 Å². The van der Waals surface area contributed by atoms with Crippen LogP contribution in [0, 0.1) is 0 Å². The summed E-state index contributed by atoms with van der Waals surface area (Å²) < 4.78 is 5.62. The monoisotopic (exact) mass is 311 g/mol. The lowest BCUT2D eigenvalue weighted by Gasteiger charge is -2.13. The number of aliphatic imine (C=N–C) groups is 1. The average Bonchev–Trinajstić information content (AvgIpc) is 2.58. The summed E-state index contributed by atoms with van der Waals surface area (Å²) in [6.45, 7) is 2.15. The molecular weight excluding hydrogens is 294 g/mol. The fourth-order valence-electron chi connectivity index (χ4n) is 2.25. The van der Waals surface area contributed by atoms with Crippen molar-refractivity contribution in [1.82, 2.24) is 0 Å². The van der Waals surface area contributed by atoms with Gasteiger partial charge in [-0.3, -0.25) is 0 Å². The molecule has 0 radical (unpaired) electrons. The molecule has 0 saturated carbocycles. The van der Waals surface area contributed by atoms with Crippen molar-refractivity contribution in [2.45, 2.75) is 26.0 Å². The maximum atomic E-state index is 11.5. The minimum atomic E-state index is -1.08. The molecule has 23 heavy (non-hydrogen) atoms. The van der Waals surface area contributed by atoms with Gasteiger partial charge in [-0.25, -0.2) is 9.59 Å². The van der Waals surface area contributed by atoms with Gasteiger partial charge in [0.05, 0.1) is 6.04 Å². The van der Waals surface area contributed by atoms with Crippen molar-refractivity contribution < 1.29 is 19.4 Å². The number of carboxylic acids is 1. The van der Waals surface area contributed by atoms with E-state index in [9.17, 15) is 14.7 Å². The lowest BCUT2D eigenvalue weighted by molar-refractivity contribution is 0.0691. The number of hydrogen-bond acceptors (Lipinski definition) is 4. The molecule has 5 nitrogen and oxygen atoms in total. The Kier molecular flexibility index (Phi) is 5.67. The summed E-state index contributed by atoms with van der Waals surface area (Å²) in [7, 11) is 0. The van der Waals surface area contributed by atoms with Gasteiger partial charge >= 0.3 is 5.97 Å². The molecular formula is C18H17NO4. The van der Waals surface area contributed by atoms with Crippen LogP contribution < -0.4 is 4.74 Å². The van der Waals surface area contributed by atoms with Crippen LogP contribution in [0.5, 0.6) is 5.75 Å². The van der Waals surface area contributed by atoms with E-state index < -0.39 is 12.0 Å². The smallest absolute Gasteiger partial charge is 0.339 e. The molecule has 0 spiro atoms. The van der Waals surface area contributed by atoms with Crippen LogP contribution in [-0.2, 0) is 11.4 Å². The Morgan fingerprint density at radius 1 is 1.26 bits per heavy atom. The maximum absolute atomic E-state index is 11.5. The summed E-state index contributed by atoms with van der Waals surface area (Å²) in [5, 5.41) is 9.38.